The topological polar surface area (TPSA) is 49.7 Å². The Morgan fingerprint density at radius 1 is 1.71 bits per heavy atom. The predicted molar refractivity (Wildman–Crippen MR) is 24.4 cm³/mol. The van der Waals surface area contributed by atoms with Crippen LogP contribution >= 0.6 is 0 Å². The van der Waals surface area contributed by atoms with Gasteiger partial charge in [0.25, 0.3) is 6.48 Å². The molecule has 0 radical (unpaired) electrons. The van der Waals surface area contributed by atoms with Gasteiger partial charge in [-0.3, -0.25) is 0 Å². The Morgan fingerprint density at radius 2 is 2.29 bits per heavy atom. The van der Waals surface area contributed by atoms with Gasteiger partial charge in [-0.15, -0.1) is 6.58 Å². The van der Waals surface area contributed by atoms with Crippen LogP contribution in [0, 0.1) is 0 Å². The number of ether oxygens (including phenoxy) is 1. The second-order valence-electron chi connectivity index (χ2n) is 0.948. The van der Waals surface area contributed by atoms with Crippen LogP contribution in [-0.2, 0) is 4.74 Å². The number of hydrogen-bond acceptors (Lipinski definition) is 3. The monoisotopic (exact) mass is 104 g/mol. The van der Waals surface area contributed by atoms with Crippen molar-refractivity contribution in [2.45, 2.75) is 6.48 Å². The fourth-order valence-corrected chi connectivity index (χ4v) is 0.154. The highest BCUT2D eigenvalue weighted by atomic mass is 16.7. The van der Waals surface area contributed by atoms with E-state index in [0.717, 1.165) is 0 Å². The smallest absolute Gasteiger partial charge is 0.266 e. The molecule has 0 unspecified atom stereocenters. The summed E-state index contributed by atoms with van der Waals surface area (Å²) in [5, 5.41) is 15.9. The maximum absolute atomic E-state index is 7.97. The number of aliphatic hydroxyl groups excluding tert-OH is 1. The molecular formula is C4H8O3. The fourth-order valence-electron chi connectivity index (χ4n) is 0.154. The molecule has 0 aliphatic rings. The first-order valence-electron chi connectivity index (χ1n) is 1.86. The molecule has 3 nitrogen and oxygen atoms in total. The van der Waals surface area contributed by atoms with Gasteiger partial charge >= 0.3 is 0 Å². The van der Waals surface area contributed by atoms with Crippen LogP contribution in [0.1, 0.15) is 0 Å². The van der Waals surface area contributed by atoms with Crippen molar-refractivity contribution in [1.82, 2.24) is 0 Å². The molecule has 0 aromatic rings. The van der Waals surface area contributed by atoms with Crippen molar-refractivity contribution in [2.75, 3.05) is 6.61 Å². The van der Waals surface area contributed by atoms with E-state index < -0.39 is 6.48 Å². The van der Waals surface area contributed by atoms with Gasteiger partial charge in [-0.05, 0) is 0 Å². The van der Waals surface area contributed by atoms with Gasteiger partial charge in [0.1, 0.15) is 0 Å². The van der Waals surface area contributed by atoms with E-state index in [0.29, 0.717) is 0 Å². The lowest BCUT2D eigenvalue weighted by Gasteiger charge is -1.98. The molecule has 0 amide bonds. The van der Waals surface area contributed by atoms with Crippen LogP contribution in [0.4, 0.5) is 0 Å². The van der Waals surface area contributed by atoms with E-state index in [1.807, 2.05) is 0 Å². The third kappa shape index (κ3) is 5.62. The molecular weight excluding hydrogens is 96.0 g/mol. The van der Waals surface area contributed by atoms with Crippen LogP contribution in [0.2, 0.25) is 0 Å². The van der Waals surface area contributed by atoms with Gasteiger partial charge in [0.05, 0.1) is 6.61 Å². The predicted octanol–water partition coefficient (Wildman–Crippen LogP) is -0.543. The van der Waals surface area contributed by atoms with Crippen molar-refractivity contribution in [2.24, 2.45) is 0 Å². The number of rotatable bonds is 3. The summed E-state index contributed by atoms with van der Waals surface area (Å²) in [5.74, 6) is 0. The molecule has 42 valence electrons. The van der Waals surface area contributed by atoms with Crippen molar-refractivity contribution in [3.8, 4) is 0 Å². The van der Waals surface area contributed by atoms with Crippen LogP contribution in [0.25, 0.3) is 0 Å². The first-order valence-corrected chi connectivity index (χ1v) is 1.86. The van der Waals surface area contributed by atoms with Gasteiger partial charge in [0.15, 0.2) is 0 Å². The second-order valence-corrected chi connectivity index (χ2v) is 0.948. The van der Waals surface area contributed by atoms with Crippen molar-refractivity contribution in [1.29, 1.82) is 0 Å². The molecule has 0 aliphatic carbocycles. The summed E-state index contributed by atoms with van der Waals surface area (Å²) in [7, 11) is 0. The third-order valence-electron chi connectivity index (χ3n) is 0.363. The highest BCUT2D eigenvalue weighted by molar-refractivity contribution is 4.63. The maximum Gasteiger partial charge on any atom is 0.266 e. The molecule has 0 bridgehead atoms. The lowest BCUT2D eigenvalue weighted by molar-refractivity contribution is -0.227. The Labute approximate surface area is 41.8 Å². The summed E-state index contributed by atoms with van der Waals surface area (Å²) in [6, 6.07) is 0. The zero-order valence-electron chi connectivity index (χ0n) is 3.87. The zero-order valence-corrected chi connectivity index (χ0v) is 3.87. The summed E-state index contributed by atoms with van der Waals surface area (Å²) in [5.41, 5.74) is 0. The summed E-state index contributed by atoms with van der Waals surface area (Å²) >= 11 is 0. The molecule has 0 aromatic heterocycles. The molecule has 0 rings (SSSR count). The van der Waals surface area contributed by atoms with E-state index in [2.05, 4.69) is 11.3 Å². The molecule has 0 aliphatic heterocycles. The minimum absolute atomic E-state index is 0.164. The van der Waals surface area contributed by atoms with Crippen LogP contribution in [0.5, 0.6) is 0 Å². The average molecular weight is 104 g/mol. The summed E-state index contributed by atoms with van der Waals surface area (Å²) in [6.45, 7) is 1.78. The molecule has 3 heteroatoms. The van der Waals surface area contributed by atoms with Crippen molar-refractivity contribution >= 4 is 0 Å². The van der Waals surface area contributed by atoms with E-state index in [-0.39, 0.29) is 6.61 Å². The Hall–Kier alpha value is -0.380. The standard InChI is InChI=1S/C4H8O3/c1-2-3-7-4(5)6/h2,4-6H,1,3H2. The first kappa shape index (κ1) is 6.62. The molecule has 0 saturated heterocycles. The first-order chi connectivity index (χ1) is 3.27. The van der Waals surface area contributed by atoms with Crippen molar-refractivity contribution in [3.05, 3.63) is 12.7 Å². The van der Waals surface area contributed by atoms with Crippen molar-refractivity contribution < 1.29 is 14.9 Å². The van der Waals surface area contributed by atoms with E-state index in [1.54, 1.807) is 0 Å². The molecule has 0 fully saturated rings. The van der Waals surface area contributed by atoms with E-state index in [1.165, 1.54) is 6.08 Å². The highest BCUT2D eigenvalue weighted by Gasteiger charge is 1.89. The largest absolute Gasteiger partial charge is 0.346 e. The quantitative estimate of drug-likeness (QED) is 0.373. The molecule has 0 spiro atoms. The Balaban J connectivity index is 2.81. The number of hydrogen-bond donors (Lipinski definition) is 2. The molecule has 0 aromatic carbocycles. The van der Waals surface area contributed by atoms with E-state index in [9.17, 15) is 0 Å². The Kier molecular flexibility index (Phi) is 3.59. The SMILES string of the molecule is C=CCOC(O)O. The summed E-state index contributed by atoms with van der Waals surface area (Å²) in [4.78, 5) is 0. The molecule has 0 heterocycles. The van der Waals surface area contributed by atoms with Crippen molar-refractivity contribution in [3.63, 3.8) is 0 Å². The van der Waals surface area contributed by atoms with Crippen LogP contribution in [0.15, 0.2) is 12.7 Å². The van der Waals surface area contributed by atoms with Crippen LogP contribution in [0.3, 0.4) is 0 Å². The van der Waals surface area contributed by atoms with Gasteiger partial charge in [-0.2, -0.15) is 0 Å². The number of aliphatic hydroxyl groups is 2. The van der Waals surface area contributed by atoms with Gasteiger partial charge in [-0.25, -0.2) is 0 Å². The van der Waals surface area contributed by atoms with Crippen LogP contribution in [-0.4, -0.2) is 23.3 Å². The van der Waals surface area contributed by atoms with E-state index in [4.69, 9.17) is 10.2 Å². The van der Waals surface area contributed by atoms with E-state index >= 15 is 0 Å². The Morgan fingerprint density at radius 3 is 2.43 bits per heavy atom. The van der Waals surface area contributed by atoms with Gasteiger partial charge in [0, 0.05) is 0 Å². The normalized spacial score (nSPS) is 9.57. The minimum atomic E-state index is -1.67. The lowest BCUT2D eigenvalue weighted by Crippen LogP contribution is -2.09. The van der Waals surface area contributed by atoms with Gasteiger partial charge in [-0.1, -0.05) is 6.08 Å². The maximum atomic E-state index is 7.97. The molecule has 7 heavy (non-hydrogen) atoms. The molecule has 0 saturated carbocycles. The lowest BCUT2D eigenvalue weighted by atomic mass is 10.7. The highest BCUT2D eigenvalue weighted by Crippen LogP contribution is 1.77. The van der Waals surface area contributed by atoms with Crippen LogP contribution < -0.4 is 0 Å². The average Bonchev–Trinajstić information content (AvgIpc) is 1.61. The second kappa shape index (κ2) is 3.80. The summed E-state index contributed by atoms with van der Waals surface area (Å²) in [6.07, 6.45) is 1.43. The zero-order chi connectivity index (χ0) is 5.70. The molecule has 2 N–H and O–H groups in total. The third-order valence-corrected chi connectivity index (χ3v) is 0.363. The minimum Gasteiger partial charge on any atom is -0.346 e. The van der Waals surface area contributed by atoms with Gasteiger partial charge < -0.3 is 14.9 Å². The van der Waals surface area contributed by atoms with Gasteiger partial charge in [0.2, 0.25) is 0 Å². The molecule has 0 atom stereocenters. The fraction of sp³-hybridized carbons (Fsp3) is 0.500. The Bertz CT molecular complexity index is 50.9. The summed E-state index contributed by atoms with van der Waals surface area (Å²) < 4.78 is 4.18.